The van der Waals surface area contributed by atoms with Crippen LogP contribution in [-0.2, 0) is 6.54 Å². The van der Waals surface area contributed by atoms with Crippen LogP contribution in [0.3, 0.4) is 0 Å². The number of hydrogen-bond donors (Lipinski definition) is 0. The van der Waals surface area contributed by atoms with Crippen LogP contribution < -0.4 is 0 Å². The van der Waals surface area contributed by atoms with Crippen LogP contribution in [0.2, 0.25) is 0 Å². The summed E-state index contributed by atoms with van der Waals surface area (Å²) < 4.78 is 26.5. The first-order valence-corrected chi connectivity index (χ1v) is 6.58. The Morgan fingerprint density at radius 1 is 1.25 bits per heavy atom. The number of benzene rings is 1. The Labute approximate surface area is 123 Å². The molecule has 0 aliphatic carbocycles. The van der Waals surface area contributed by atoms with Crippen molar-refractivity contribution in [2.24, 2.45) is 0 Å². The van der Waals surface area contributed by atoms with E-state index >= 15 is 0 Å². The third-order valence-electron chi connectivity index (χ3n) is 2.68. The lowest BCUT2D eigenvalue weighted by Crippen LogP contribution is -2.27. The number of hydrogen-bond acceptors (Lipinski definition) is 2. The predicted octanol–water partition coefficient (Wildman–Crippen LogP) is 3.39. The Bertz CT molecular complexity index is 649. The van der Waals surface area contributed by atoms with Gasteiger partial charge in [-0.25, -0.2) is 13.8 Å². The number of halogens is 3. The van der Waals surface area contributed by atoms with Gasteiger partial charge < -0.3 is 4.90 Å². The van der Waals surface area contributed by atoms with Crippen LogP contribution in [0.5, 0.6) is 0 Å². The SMILES string of the molecule is CN(Cc1ccc(F)c(F)c1)C(=O)c1cccc(Br)n1. The van der Waals surface area contributed by atoms with E-state index in [1.165, 1.54) is 11.0 Å². The fraction of sp³-hybridized carbons (Fsp3) is 0.143. The second-order valence-electron chi connectivity index (χ2n) is 4.26. The fourth-order valence-electron chi connectivity index (χ4n) is 1.71. The average molecular weight is 341 g/mol. The van der Waals surface area contributed by atoms with Crippen molar-refractivity contribution in [1.29, 1.82) is 0 Å². The highest BCUT2D eigenvalue weighted by atomic mass is 79.9. The molecular formula is C14H11BrF2N2O. The molecule has 104 valence electrons. The monoisotopic (exact) mass is 340 g/mol. The molecule has 0 saturated carbocycles. The lowest BCUT2D eigenvalue weighted by atomic mass is 10.2. The summed E-state index contributed by atoms with van der Waals surface area (Å²) in [6, 6.07) is 8.57. The average Bonchev–Trinajstić information content (AvgIpc) is 2.42. The second kappa shape index (κ2) is 6.09. The normalized spacial score (nSPS) is 10.4. The van der Waals surface area contributed by atoms with Crippen molar-refractivity contribution in [3.8, 4) is 0 Å². The second-order valence-corrected chi connectivity index (χ2v) is 5.07. The molecule has 3 nitrogen and oxygen atoms in total. The van der Waals surface area contributed by atoms with Gasteiger partial charge >= 0.3 is 0 Å². The largest absolute Gasteiger partial charge is 0.336 e. The van der Waals surface area contributed by atoms with Crippen LogP contribution in [0.4, 0.5) is 8.78 Å². The van der Waals surface area contributed by atoms with Gasteiger partial charge in [0.25, 0.3) is 5.91 Å². The van der Waals surface area contributed by atoms with Gasteiger partial charge in [0, 0.05) is 13.6 Å². The van der Waals surface area contributed by atoms with Gasteiger partial charge in [-0.15, -0.1) is 0 Å². The third-order valence-corrected chi connectivity index (χ3v) is 3.13. The van der Waals surface area contributed by atoms with Crippen LogP contribution in [0.15, 0.2) is 41.0 Å². The Hall–Kier alpha value is -1.82. The summed E-state index contributed by atoms with van der Waals surface area (Å²) in [6.07, 6.45) is 0. The minimum atomic E-state index is -0.927. The summed E-state index contributed by atoms with van der Waals surface area (Å²) in [4.78, 5) is 17.6. The van der Waals surface area contributed by atoms with Crippen LogP contribution in [0, 0.1) is 11.6 Å². The van der Waals surface area contributed by atoms with E-state index in [0.29, 0.717) is 10.2 Å². The first-order chi connectivity index (χ1) is 9.47. The van der Waals surface area contributed by atoms with Gasteiger partial charge in [0.1, 0.15) is 10.3 Å². The summed E-state index contributed by atoms with van der Waals surface area (Å²) in [7, 11) is 1.58. The Balaban J connectivity index is 2.13. The summed E-state index contributed by atoms with van der Waals surface area (Å²) in [5.74, 6) is -2.13. The Kier molecular flexibility index (Phi) is 4.44. The molecule has 0 aliphatic rings. The standard InChI is InChI=1S/C14H11BrF2N2O/c1-19(8-9-5-6-10(16)11(17)7-9)14(20)12-3-2-4-13(15)18-12/h2-7H,8H2,1H3. The molecule has 0 atom stereocenters. The molecule has 20 heavy (non-hydrogen) atoms. The topological polar surface area (TPSA) is 33.2 Å². The van der Waals surface area contributed by atoms with Crippen molar-refractivity contribution in [3.05, 3.63) is 63.9 Å². The van der Waals surface area contributed by atoms with Crippen molar-refractivity contribution in [2.45, 2.75) is 6.54 Å². The molecule has 6 heteroatoms. The highest BCUT2D eigenvalue weighted by molar-refractivity contribution is 9.10. The number of nitrogens with zero attached hydrogens (tertiary/aromatic N) is 2. The van der Waals surface area contributed by atoms with Gasteiger partial charge in [-0.1, -0.05) is 12.1 Å². The zero-order valence-corrected chi connectivity index (χ0v) is 12.2. The third kappa shape index (κ3) is 3.39. The quantitative estimate of drug-likeness (QED) is 0.802. The van der Waals surface area contributed by atoms with E-state index < -0.39 is 11.6 Å². The van der Waals surface area contributed by atoms with E-state index in [9.17, 15) is 13.6 Å². The molecule has 1 aromatic heterocycles. The summed E-state index contributed by atoms with van der Waals surface area (Å²) >= 11 is 3.19. The molecule has 0 spiro atoms. The summed E-state index contributed by atoms with van der Waals surface area (Å²) in [5, 5.41) is 0. The van der Waals surface area contributed by atoms with Crippen LogP contribution in [0.1, 0.15) is 16.1 Å². The zero-order valence-electron chi connectivity index (χ0n) is 10.6. The molecule has 0 fully saturated rings. The molecule has 1 amide bonds. The van der Waals surface area contributed by atoms with Crippen LogP contribution in [0.25, 0.3) is 0 Å². The van der Waals surface area contributed by atoms with Crippen LogP contribution >= 0.6 is 15.9 Å². The number of carbonyl (C=O) groups is 1. The van der Waals surface area contributed by atoms with E-state index in [-0.39, 0.29) is 18.1 Å². The van der Waals surface area contributed by atoms with E-state index in [1.54, 1.807) is 25.2 Å². The molecule has 0 unspecified atom stereocenters. The van der Waals surface area contributed by atoms with E-state index in [2.05, 4.69) is 20.9 Å². The molecule has 1 aromatic carbocycles. The molecule has 2 aromatic rings. The molecule has 0 radical (unpaired) electrons. The van der Waals surface area contributed by atoms with Gasteiger partial charge in [0.05, 0.1) is 0 Å². The number of carbonyl (C=O) groups excluding carboxylic acids is 1. The maximum Gasteiger partial charge on any atom is 0.272 e. The number of aromatic nitrogens is 1. The number of rotatable bonds is 3. The van der Waals surface area contributed by atoms with Crippen molar-refractivity contribution in [1.82, 2.24) is 9.88 Å². The maximum atomic E-state index is 13.1. The van der Waals surface area contributed by atoms with Crippen molar-refractivity contribution >= 4 is 21.8 Å². The smallest absolute Gasteiger partial charge is 0.272 e. The van der Waals surface area contributed by atoms with E-state index in [1.807, 2.05) is 0 Å². The van der Waals surface area contributed by atoms with Gasteiger partial charge in [0.2, 0.25) is 0 Å². The molecule has 2 rings (SSSR count). The lowest BCUT2D eigenvalue weighted by Gasteiger charge is -2.17. The van der Waals surface area contributed by atoms with Crippen molar-refractivity contribution < 1.29 is 13.6 Å². The van der Waals surface area contributed by atoms with Gasteiger partial charge in [-0.05, 0) is 45.8 Å². The maximum absolute atomic E-state index is 13.1. The highest BCUT2D eigenvalue weighted by Gasteiger charge is 2.14. The minimum Gasteiger partial charge on any atom is -0.336 e. The first kappa shape index (κ1) is 14.6. The summed E-state index contributed by atoms with van der Waals surface area (Å²) in [5.41, 5.74) is 0.791. The highest BCUT2D eigenvalue weighted by Crippen LogP contribution is 2.13. The minimum absolute atomic E-state index is 0.171. The lowest BCUT2D eigenvalue weighted by molar-refractivity contribution is 0.0779. The van der Waals surface area contributed by atoms with Gasteiger partial charge in [-0.3, -0.25) is 4.79 Å². The fourth-order valence-corrected chi connectivity index (χ4v) is 2.05. The molecule has 0 saturated heterocycles. The van der Waals surface area contributed by atoms with Gasteiger partial charge in [0.15, 0.2) is 11.6 Å². The Morgan fingerprint density at radius 3 is 2.65 bits per heavy atom. The molecule has 1 heterocycles. The zero-order chi connectivity index (χ0) is 14.7. The molecule has 0 aliphatic heterocycles. The van der Waals surface area contributed by atoms with Crippen LogP contribution in [-0.4, -0.2) is 22.8 Å². The van der Waals surface area contributed by atoms with E-state index in [4.69, 9.17) is 0 Å². The summed E-state index contributed by atoms with van der Waals surface area (Å²) in [6.45, 7) is 0.171. The number of amides is 1. The first-order valence-electron chi connectivity index (χ1n) is 5.79. The number of pyridine rings is 1. The van der Waals surface area contributed by atoms with Gasteiger partial charge in [-0.2, -0.15) is 0 Å². The predicted molar refractivity (Wildman–Crippen MR) is 74.1 cm³/mol. The molecule has 0 bridgehead atoms. The molecular weight excluding hydrogens is 330 g/mol. The van der Waals surface area contributed by atoms with Crippen molar-refractivity contribution in [2.75, 3.05) is 7.05 Å². The molecule has 0 N–H and O–H groups in total. The van der Waals surface area contributed by atoms with E-state index in [0.717, 1.165) is 12.1 Å². The Morgan fingerprint density at radius 2 is 2.00 bits per heavy atom. The van der Waals surface area contributed by atoms with Crippen molar-refractivity contribution in [3.63, 3.8) is 0 Å².